The number of carbonyl (C=O) groups excluding carboxylic acids is 2. The maximum absolute atomic E-state index is 12.3. The van der Waals surface area contributed by atoms with E-state index in [1.165, 1.54) is 6.92 Å². The molecule has 8 atom stereocenters. The molecule has 0 radical (unpaired) electrons. The fraction of sp³-hybridized carbons (Fsp3) is 0.727. The van der Waals surface area contributed by atoms with Gasteiger partial charge in [-0.15, -0.1) is 0 Å². The predicted octanol–water partition coefficient (Wildman–Crippen LogP) is 2.83. The number of allylic oxidation sites excluding steroid dienone is 4. The van der Waals surface area contributed by atoms with Crippen LogP contribution in [0.5, 0.6) is 0 Å². The third kappa shape index (κ3) is 2.03. The number of Topliss-reactive ketones (excluding diaryl/α,β-unsaturated/α-hetero) is 1. The third-order valence-corrected chi connectivity index (χ3v) is 8.55. The van der Waals surface area contributed by atoms with E-state index in [2.05, 4.69) is 13.8 Å². The van der Waals surface area contributed by atoms with E-state index >= 15 is 0 Å². The molecule has 0 saturated heterocycles. The first kappa shape index (κ1) is 18.1. The Kier molecular flexibility index (Phi) is 3.75. The van der Waals surface area contributed by atoms with E-state index in [4.69, 9.17) is 0 Å². The maximum atomic E-state index is 12.3. The number of hydrogen-bond donors (Lipinski definition) is 2. The zero-order valence-electron chi connectivity index (χ0n) is 16.2. The van der Waals surface area contributed by atoms with Crippen molar-refractivity contribution < 1.29 is 19.8 Å². The SMILES string of the molecule is CC(=O)[C@@]1(O)CC[C@@H]2[C@@H]3C[C@H](C)C4=CC(=O)C=C[C@]4(C)[C@@H]3[C@H](O)C[C@@]21C. The summed E-state index contributed by atoms with van der Waals surface area (Å²) in [6, 6.07) is 0. The summed E-state index contributed by atoms with van der Waals surface area (Å²) >= 11 is 0. The van der Waals surface area contributed by atoms with Crippen LogP contribution < -0.4 is 0 Å². The summed E-state index contributed by atoms with van der Waals surface area (Å²) in [5.74, 6) is 0.609. The van der Waals surface area contributed by atoms with Crippen LogP contribution in [0.25, 0.3) is 0 Å². The van der Waals surface area contributed by atoms with Crippen molar-refractivity contribution in [3.63, 3.8) is 0 Å². The molecule has 0 aromatic rings. The Hall–Kier alpha value is -1.26. The maximum Gasteiger partial charge on any atom is 0.178 e. The van der Waals surface area contributed by atoms with Crippen molar-refractivity contribution in [2.24, 2.45) is 34.5 Å². The average Bonchev–Trinajstić information content (AvgIpc) is 2.81. The highest BCUT2D eigenvalue weighted by Crippen LogP contribution is 2.67. The molecule has 0 aromatic carbocycles. The number of hydrogen-bond acceptors (Lipinski definition) is 4. The average molecular weight is 358 g/mol. The topological polar surface area (TPSA) is 74.6 Å². The van der Waals surface area contributed by atoms with Gasteiger partial charge in [0.25, 0.3) is 0 Å². The Morgan fingerprint density at radius 1 is 1.31 bits per heavy atom. The molecule has 0 heterocycles. The lowest BCUT2D eigenvalue weighted by Crippen LogP contribution is -2.61. The molecule has 4 nitrogen and oxygen atoms in total. The number of carbonyl (C=O) groups is 2. The van der Waals surface area contributed by atoms with Gasteiger partial charge in [-0.05, 0) is 62.5 Å². The van der Waals surface area contributed by atoms with E-state index in [9.17, 15) is 19.8 Å². The molecule has 0 amide bonds. The lowest BCUT2D eigenvalue weighted by atomic mass is 9.45. The first-order valence-electron chi connectivity index (χ1n) is 9.91. The minimum absolute atomic E-state index is 0.0293. The molecule has 2 N–H and O–H groups in total. The highest BCUT2D eigenvalue weighted by atomic mass is 16.3. The van der Waals surface area contributed by atoms with E-state index in [1.807, 2.05) is 13.0 Å². The van der Waals surface area contributed by atoms with E-state index in [-0.39, 0.29) is 40.7 Å². The highest BCUT2D eigenvalue weighted by molar-refractivity contribution is 6.01. The Morgan fingerprint density at radius 3 is 2.65 bits per heavy atom. The lowest BCUT2D eigenvalue weighted by Gasteiger charge is -2.60. The molecule has 4 aliphatic rings. The van der Waals surface area contributed by atoms with Gasteiger partial charge >= 0.3 is 0 Å². The van der Waals surface area contributed by atoms with Crippen molar-refractivity contribution in [1.82, 2.24) is 0 Å². The summed E-state index contributed by atoms with van der Waals surface area (Å²) in [5.41, 5.74) is -1.10. The Labute approximate surface area is 155 Å². The van der Waals surface area contributed by atoms with Crippen molar-refractivity contribution >= 4 is 11.6 Å². The molecule has 0 bridgehead atoms. The van der Waals surface area contributed by atoms with Crippen LogP contribution in [-0.4, -0.2) is 33.5 Å². The van der Waals surface area contributed by atoms with Crippen molar-refractivity contribution in [3.05, 3.63) is 23.8 Å². The normalized spacial score (nSPS) is 52.8. The summed E-state index contributed by atoms with van der Waals surface area (Å²) < 4.78 is 0. The van der Waals surface area contributed by atoms with E-state index in [0.29, 0.717) is 12.8 Å². The molecule has 0 aliphatic heterocycles. The van der Waals surface area contributed by atoms with Gasteiger partial charge in [0.05, 0.1) is 6.10 Å². The second-order valence-electron chi connectivity index (χ2n) is 9.70. The molecule has 0 aromatic heterocycles. The Morgan fingerprint density at radius 2 is 2.00 bits per heavy atom. The van der Waals surface area contributed by atoms with Gasteiger partial charge in [-0.2, -0.15) is 0 Å². The Balaban J connectivity index is 1.80. The Bertz CT molecular complexity index is 736. The summed E-state index contributed by atoms with van der Waals surface area (Å²) in [6.07, 6.45) is 7.46. The third-order valence-electron chi connectivity index (χ3n) is 8.55. The largest absolute Gasteiger partial charge is 0.393 e. The molecule has 3 saturated carbocycles. The molecule has 4 rings (SSSR count). The van der Waals surface area contributed by atoms with Gasteiger partial charge < -0.3 is 10.2 Å². The van der Waals surface area contributed by atoms with Crippen LogP contribution in [0.2, 0.25) is 0 Å². The van der Waals surface area contributed by atoms with Gasteiger partial charge in [-0.25, -0.2) is 0 Å². The van der Waals surface area contributed by atoms with Gasteiger partial charge in [0, 0.05) is 16.7 Å². The van der Waals surface area contributed by atoms with Crippen LogP contribution in [0.3, 0.4) is 0 Å². The molecular weight excluding hydrogens is 328 g/mol. The highest BCUT2D eigenvalue weighted by Gasteiger charge is 2.68. The zero-order chi connectivity index (χ0) is 19.1. The number of aliphatic hydroxyl groups is 2. The van der Waals surface area contributed by atoms with Crippen LogP contribution in [-0.2, 0) is 9.59 Å². The van der Waals surface area contributed by atoms with Gasteiger partial charge in [0.15, 0.2) is 11.6 Å². The second-order valence-corrected chi connectivity index (χ2v) is 9.70. The van der Waals surface area contributed by atoms with E-state index < -0.39 is 17.1 Å². The van der Waals surface area contributed by atoms with Crippen LogP contribution >= 0.6 is 0 Å². The molecular formula is C22H30O4. The summed E-state index contributed by atoms with van der Waals surface area (Å²) in [4.78, 5) is 24.2. The van der Waals surface area contributed by atoms with Crippen molar-refractivity contribution in [3.8, 4) is 0 Å². The first-order valence-corrected chi connectivity index (χ1v) is 9.91. The molecule has 26 heavy (non-hydrogen) atoms. The number of rotatable bonds is 1. The van der Waals surface area contributed by atoms with Crippen molar-refractivity contribution in [2.45, 2.75) is 65.1 Å². The van der Waals surface area contributed by atoms with Gasteiger partial charge in [-0.3, -0.25) is 9.59 Å². The van der Waals surface area contributed by atoms with Crippen LogP contribution in [0.15, 0.2) is 23.8 Å². The van der Waals surface area contributed by atoms with E-state index in [1.54, 1.807) is 12.2 Å². The smallest absolute Gasteiger partial charge is 0.178 e. The summed E-state index contributed by atoms with van der Waals surface area (Å²) in [7, 11) is 0. The number of ketones is 2. The monoisotopic (exact) mass is 358 g/mol. The van der Waals surface area contributed by atoms with Crippen LogP contribution in [0, 0.1) is 34.5 Å². The van der Waals surface area contributed by atoms with Crippen LogP contribution in [0.4, 0.5) is 0 Å². The van der Waals surface area contributed by atoms with Crippen molar-refractivity contribution in [1.29, 1.82) is 0 Å². The zero-order valence-corrected chi connectivity index (χ0v) is 16.2. The minimum Gasteiger partial charge on any atom is -0.393 e. The summed E-state index contributed by atoms with van der Waals surface area (Å²) in [5, 5.41) is 22.4. The predicted molar refractivity (Wildman–Crippen MR) is 98.2 cm³/mol. The molecule has 0 unspecified atom stereocenters. The van der Waals surface area contributed by atoms with Gasteiger partial charge in [0.1, 0.15) is 5.60 Å². The second kappa shape index (κ2) is 5.39. The fourth-order valence-electron chi connectivity index (χ4n) is 7.33. The fourth-order valence-corrected chi connectivity index (χ4v) is 7.33. The quantitative estimate of drug-likeness (QED) is 0.756. The van der Waals surface area contributed by atoms with Gasteiger partial charge in [0.2, 0.25) is 0 Å². The van der Waals surface area contributed by atoms with Crippen molar-refractivity contribution in [2.75, 3.05) is 0 Å². The van der Waals surface area contributed by atoms with Gasteiger partial charge in [-0.1, -0.05) is 32.4 Å². The molecule has 0 spiro atoms. The molecule has 142 valence electrons. The molecule has 4 heteroatoms. The number of aliphatic hydroxyl groups excluding tert-OH is 1. The van der Waals surface area contributed by atoms with E-state index in [0.717, 1.165) is 18.4 Å². The standard InChI is InChI=1S/C22H30O4/c1-12-9-15-16-6-8-22(26,13(2)23)21(16,4)11-18(25)19(15)20(3)7-5-14(24)10-17(12)20/h5,7,10,12,15-16,18-19,25-26H,6,8-9,11H2,1-4H3/t12-,15-,16+,18+,19-,20-,21-,22-/m0/s1. The molecule has 3 fully saturated rings. The first-order chi connectivity index (χ1) is 12.0. The minimum atomic E-state index is -1.33. The lowest BCUT2D eigenvalue weighted by molar-refractivity contribution is -0.176. The van der Waals surface area contributed by atoms with Crippen LogP contribution in [0.1, 0.15) is 53.4 Å². The number of fused-ring (bicyclic) bond motifs is 5. The summed E-state index contributed by atoms with van der Waals surface area (Å²) in [6.45, 7) is 7.79. The molecule has 4 aliphatic carbocycles.